The molecule has 0 amide bonds. The number of nitrogens with zero attached hydrogens (tertiary/aromatic N) is 1. The maximum absolute atomic E-state index is 10.8. The van der Waals surface area contributed by atoms with Crippen LogP contribution >= 0.6 is 7.82 Å². The van der Waals surface area contributed by atoms with E-state index in [0.29, 0.717) is 0 Å². The van der Waals surface area contributed by atoms with Crippen molar-refractivity contribution in [3.8, 4) is 5.75 Å². The van der Waals surface area contributed by atoms with E-state index in [4.69, 9.17) is 20.6 Å². The molecule has 0 saturated heterocycles. The average Bonchev–Trinajstić information content (AvgIpc) is 2.45. The topological polar surface area (TPSA) is 183 Å². The Labute approximate surface area is 137 Å². The van der Waals surface area contributed by atoms with E-state index < -0.39 is 32.9 Å². The van der Waals surface area contributed by atoms with Crippen molar-refractivity contribution in [1.29, 1.82) is 0 Å². The number of rotatable bonds is 8. The van der Waals surface area contributed by atoms with Gasteiger partial charge in [-0.3, -0.25) is 14.3 Å². The van der Waals surface area contributed by atoms with E-state index in [9.17, 15) is 19.6 Å². The molecular weight excluding hydrogens is 343 g/mol. The summed E-state index contributed by atoms with van der Waals surface area (Å²) in [7, 11) is -4.73. The summed E-state index contributed by atoms with van der Waals surface area (Å²) in [6, 6.07) is -0.966. The van der Waals surface area contributed by atoms with Crippen LogP contribution in [0.3, 0.4) is 0 Å². The first-order valence-corrected chi connectivity index (χ1v) is 8.27. The predicted molar refractivity (Wildman–Crippen MR) is 82.0 cm³/mol. The first kappa shape index (κ1) is 20.1. The summed E-state index contributed by atoms with van der Waals surface area (Å²) < 4.78 is 15.2. The number of phosphoric ester groups is 1. The molecule has 1 aromatic heterocycles. The number of hydrogen-bond acceptors (Lipinski definition) is 7. The Morgan fingerprint density at radius 2 is 2.08 bits per heavy atom. The molecule has 0 radical (unpaired) electrons. The third-order valence-electron chi connectivity index (χ3n) is 3.06. The van der Waals surface area contributed by atoms with Crippen molar-refractivity contribution >= 4 is 13.8 Å². The summed E-state index contributed by atoms with van der Waals surface area (Å²) in [4.78, 5) is 31.9. The van der Waals surface area contributed by atoms with E-state index in [1.54, 1.807) is 0 Å². The van der Waals surface area contributed by atoms with Crippen molar-refractivity contribution in [1.82, 2.24) is 4.98 Å². The second-order valence-electron chi connectivity index (χ2n) is 5.00. The minimum Gasteiger partial charge on any atom is -0.513 e. The van der Waals surface area contributed by atoms with E-state index in [-0.39, 0.29) is 34.8 Å². The lowest BCUT2D eigenvalue weighted by Gasteiger charge is -2.19. The van der Waals surface area contributed by atoms with Gasteiger partial charge in [0.2, 0.25) is 0 Å². The number of aliphatic carboxylic acids is 1. The summed E-state index contributed by atoms with van der Waals surface area (Å²) >= 11 is 0. The zero-order valence-electron chi connectivity index (χ0n) is 12.8. The molecule has 24 heavy (non-hydrogen) atoms. The molecule has 7 N–H and O–H groups in total. The molecule has 10 nitrogen and oxygen atoms in total. The van der Waals surface area contributed by atoms with E-state index in [1.165, 1.54) is 13.1 Å². The van der Waals surface area contributed by atoms with E-state index in [1.807, 2.05) is 0 Å². The van der Waals surface area contributed by atoms with Crippen LogP contribution in [0.5, 0.6) is 5.75 Å². The molecule has 1 rings (SSSR count). The summed E-state index contributed by atoms with van der Waals surface area (Å²) in [5.74, 6) is -1.71. The second kappa shape index (κ2) is 8.22. The van der Waals surface area contributed by atoms with Crippen molar-refractivity contribution in [2.45, 2.75) is 32.4 Å². The first-order chi connectivity index (χ1) is 11.0. The zero-order valence-corrected chi connectivity index (χ0v) is 13.7. The van der Waals surface area contributed by atoms with Gasteiger partial charge >= 0.3 is 13.8 Å². The number of nitrogens with two attached hydrogens (primary N) is 1. The summed E-state index contributed by atoms with van der Waals surface area (Å²) in [6.45, 7) is 0.951. The monoisotopic (exact) mass is 362 g/mol. The maximum atomic E-state index is 10.8. The minimum atomic E-state index is -4.73. The zero-order chi connectivity index (χ0) is 18.5. The lowest BCUT2D eigenvalue weighted by Crippen LogP contribution is -2.15. The number of carbonyl (C=O) groups is 1. The quantitative estimate of drug-likeness (QED) is 0.288. The molecular formula is C13H19N2O8P. The first-order valence-electron chi connectivity index (χ1n) is 6.74. The van der Waals surface area contributed by atoms with Gasteiger partial charge in [-0.15, -0.1) is 0 Å². The number of carboxylic acids is 1. The number of aliphatic hydroxyl groups excluding tert-OH is 1. The Kier molecular flexibility index (Phi) is 6.88. The summed E-state index contributed by atoms with van der Waals surface area (Å²) in [5, 5.41) is 28.4. The van der Waals surface area contributed by atoms with Crippen LogP contribution in [0.4, 0.5) is 0 Å². The van der Waals surface area contributed by atoms with Crippen LogP contribution < -0.4 is 5.73 Å². The van der Waals surface area contributed by atoms with E-state index >= 15 is 0 Å². The molecule has 0 unspecified atom stereocenters. The van der Waals surface area contributed by atoms with Gasteiger partial charge in [0, 0.05) is 29.8 Å². The van der Waals surface area contributed by atoms with Gasteiger partial charge in [0.15, 0.2) is 0 Å². The van der Waals surface area contributed by atoms with E-state index in [2.05, 4.69) is 9.51 Å². The number of phosphoric acid groups is 1. The molecule has 0 spiro atoms. The van der Waals surface area contributed by atoms with Gasteiger partial charge in [-0.25, -0.2) is 4.57 Å². The molecule has 0 aromatic carbocycles. The SMILES string of the molecule is Cc1ncc(COP(=O)(O)O)c([C@H](N)C/C(O)=C/CC(=O)O)c1O. The molecule has 134 valence electrons. The third-order valence-corrected chi connectivity index (χ3v) is 3.52. The van der Waals surface area contributed by atoms with Crippen LogP contribution in [0.15, 0.2) is 18.0 Å². The van der Waals surface area contributed by atoms with Crippen LogP contribution in [0, 0.1) is 6.92 Å². The molecule has 1 atom stereocenters. The van der Waals surface area contributed by atoms with Gasteiger partial charge in [0.25, 0.3) is 0 Å². The second-order valence-corrected chi connectivity index (χ2v) is 6.24. The van der Waals surface area contributed by atoms with Gasteiger partial charge in [0.05, 0.1) is 24.5 Å². The third kappa shape index (κ3) is 6.26. The fourth-order valence-electron chi connectivity index (χ4n) is 1.95. The number of aromatic nitrogens is 1. The van der Waals surface area contributed by atoms with Crippen LogP contribution in [0.2, 0.25) is 0 Å². The van der Waals surface area contributed by atoms with Crippen molar-refractivity contribution in [2.75, 3.05) is 0 Å². The minimum absolute atomic E-state index is 0.103. The number of carboxylic acid groups (broad SMARTS) is 1. The van der Waals surface area contributed by atoms with Crippen molar-refractivity contribution in [3.63, 3.8) is 0 Å². The highest BCUT2D eigenvalue weighted by Gasteiger charge is 2.22. The van der Waals surface area contributed by atoms with Crippen LogP contribution in [-0.2, 0) is 20.5 Å². The number of aromatic hydroxyl groups is 1. The fourth-order valence-corrected chi connectivity index (χ4v) is 2.26. The largest absolute Gasteiger partial charge is 0.513 e. The Balaban J connectivity index is 3.06. The standard InChI is InChI=1S/C13H19N2O8P/c1-7-13(19)12(8(5-15-7)6-23-24(20,21)22)10(14)4-9(16)2-3-11(17)18/h2,5,10,16,19H,3-4,6,14H2,1H3,(H,17,18)(H2,20,21,22)/b9-2-/t10-/m1/s1. The molecule has 0 aliphatic carbocycles. The Hall–Kier alpha value is -1.97. The molecule has 1 aromatic rings. The molecule has 0 saturated carbocycles. The van der Waals surface area contributed by atoms with Gasteiger partial charge in [-0.2, -0.15) is 0 Å². The number of aryl methyl sites for hydroxylation is 1. The molecule has 0 aliphatic heterocycles. The Morgan fingerprint density at radius 1 is 1.46 bits per heavy atom. The fraction of sp³-hybridized carbons (Fsp3) is 0.385. The van der Waals surface area contributed by atoms with Gasteiger partial charge in [-0.1, -0.05) is 0 Å². The lowest BCUT2D eigenvalue weighted by molar-refractivity contribution is -0.136. The highest BCUT2D eigenvalue weighted by Crippen LogP contribution is 2.39. The van der Waals surface area contributed by atoms with Crippen LogP contribution in [0.25, 0.3) is 0 Å². The number of hydrogen-bond donors (Lipinski definition) is 6. The van der Waals surface area contributed by atoms with E-state index in [0.717, 1.165) is 6.08 Å². The smallest absolute Gasteiger partial charge is 0.469 e. The Bertz CT molecular complexity index is 685. The maximum Gasteiger partial charge on any atom is 0.469 e. The van der Waals surface area contributed by atoms with Crippen molar-refractivity contribution in [2.24, 2.45) is 5.73 Å². The molecule has 1 heterocycles. The van der Waals surface area contributed by atoms with Gasteiger partial charge in [-0.05, 0) is 13.0 Å². The van der Waals surface area contributed by atoms with Crippen molar-refractivity contribution in [3.05, 3.63) is 34.9 Å². The molecule has 0 bridgehead atoms. The lowest BCUT2D eigenvalue weighted by atomic mass is 9.97. The molecule has 0 aliphatic rings. The normalized spacial score (nSPS) is 13.8. The van der Waals surface area contributed by atoms with Crippen molar-refractivity contribution < 1.29 is 39.0 Å². The Morgan fingerprint density at radius 3 is 2.62 bits per heavy atom. The predicted octanol–water partition coefficient (Wildman–Crippen LogP) is 1.01. The number of pyridine rings is 1. The van der Waals surface area contributed by atoms with Gasteiger partial charge in [0.1, 0.15) is 5.75 Å². The van der Waals surface area contributed by atoms with Crippen LogP contribution in [-0.4, -0.2) is 36.1 Å². The number of aliphatic hydroxyl groups is 1. The average molecular weight is 362 g/mol. The van der Waals surface area contributed by atoms with Crippen LogP contribution in [0.1, 0.15) is 35.7 Å². The van der Waals surface area contributed by atoms with Gasteiger partial charge < -0.3 is 30.8 Å². The summed E-state index contributed by atoms with van der Waals surface area (Å²) in [5.41, 5.74) is 6.40. The highest BCUT2D eigenvalue weighted by molar-refractivity contribution is 7.46. The highest BCUT2D eigenvalue weighted by atomic mass is 31.2. The summed E-state index contributed by atoms with van der Waals surface area (Å²) in [6.07, 6.45) is 1.73. The molecule has 0 fully saturated rings. The molecule has 11 heteroatoms.